The van der Waals surface area contributed by atoms with Crippen LogP contribution < -0.4 is 5.32 Å². The molecule has 2 amide bonds. The van der Waals surface area contributed by atoms with Gasteiger partial charge in [0.25, 0.3) is 0 Å². The summed E-state index contributed by atoms with van der Waals surface area (Å²) in [5.74, 6) is 0.399. The number of nitrogens with one attached hydrogen (secondary N) is 1. The zero-order chi connectivity index (χ0) is 15.5. The molecule has 0 unspecified atom stereocenters. The molecule has 1 aliphatic carbocycles. The molecule has 1 saturated heterocycles. The number of rotatable bonds is 2. The van der Waals surface area contributed by atoms with Crippen LogP contribution in [0.3, 0.4) is 0 Å². The minimum atomic E-state index is -4.63. The van der Waals surface area contributed by atoms with Crippen LogP contribution in [0.2, 0.25) is 0 Å². The molecule has 1 fully saturated rings. The highest BCUT2D eigenvalue weighted by atomic mass is 19.4. The first kappa shape index (κ1) is 16.1. The monoisotopic (exact) mass is 306 g/mol. The van der Waals surface area contributed by atoms with Gasteiger partial charge in [-0.2, -0.15) is 13.2 Å². The van der Waals surface area contributed by atoms with Crippen molar-refractivity contribution in [3.8, 4) is 0 Å². The van der Waals surface area contributed by atoms with E-state index in [4.69, 9.17) is 0 Å². The van der Waals surface area contributed by atoms with Crippen molar-refractivity contribution in [3.05, 3.63) is 12.2 Å². The number of alkyl halides is 3. The highest BCUT2D eigenvalue weighted by Gasteiger charge is 2.54. The van der Waals surface area contributed by atoms with Crippen molar-refractivity contribution in [2.24, 2.45) is 5.92 Å². The second-order valence-electron chi connectivity index (χ2n) is 5.85. The van der Waals surface area contributed by atoms with Crippen molar-refractivity contribution >= 4 is 6.03 Å². The van der Waals surface area contributed by atoms with E-state index in [1.165, 1.54) is 4.90 Å². The number of hydrogen-bond acceptors (Lipinski definition) is 2. The summed E-state index contributed by atoms with van der Waals surface area (Å²) in [5.41, 5.74) is -2.65. The minimum absolute atomic E-state index is 0.0770. The molecule has 4 nitrogen and oxygen atoms in total. The summed E-state index contributed by atoms with van der Waals surface area (Å²) in [4.78, 5) is 13.3. The molecule has 120 valence electrons. The van der Waals surface area contributed by atoms with Crippen LogP contribution in [-0.2, 0) is 0 Å². The van der Waals surface area contributed by atoms with E-state index in [2.05, 4.69) is 17.5 Å². The van der Waals surface area contributed by atoms with Gasteiger partial charge in [-0.3, -0.25) is 0 Å². The van der Waals surface area contributed by atoms with Crippen molar-refractivity contribution < 1.29 is 23.1 Å². The van der Waals surface area contributed by atoms with Crippen molar-refractivity contribution in [2.75, 3.05) is 19.6 Å². The Labute approximate surface area is 122 Å². The number of likely N-dealkylation sites (tertiary alicyclic amines) is 1. The number of carbonyl (C=O) groups is 1. The Hall–Kier alpha value is -1.24. The lowest BCUT2D eigenvalue weighted by Crippen LogP contribution is -2.56. The van der Waals surface area contributed by atoms with Crippen molar-refractivity contribution in [3.63, 3.8) is 0 Å². The van der Waals surface area contributed by atoms with Gasteiger partial charge in [0.1, 0.15) is 0 Å². The average molecular weight is 306 g/mol. The van der Waals surface area contributed by atoms with E-state index >= 15 is 0 Å². The van der Waals surface area contributed by atoms with Gasteiger partial charge in [-0.05, 0) is 25.2 Å². The lowest BCUT2D eigenvalue weighted by atomic mass is 9.91. The summed E-state index contributed by atoms with van der Waals surface area (Å²) < 4.78 is 38.0. The topological polar surface area (TPSA) is 52.6 Å². The molecule has 0 radical (unpaired) electrons. The number of carbonyl (C=O) groups excluding carboxylic acids is 1. The van der Waals surface area contributed by atoms with E-state index in [1.807, 2.05) is 0 Å². The third-order valence-electron chi connectivity index (χ3n) is 4.33. The van der Waals surface area contributed by atoms with Crippen molar-refractivity contribution in [1.82, 2.24) is 10.2 Å². The number of halogens is 3. The van der Waals surface area contributed by atoms with Crippen LogP contribution in [-0.4, -0.2) is 47.4 Å². The Morgan fingerprint density at radius 3 is 2.52 bits per heavy atom. The van der Waals surface area contributed by atoms with E-state index in [9.17, 15) is 23.1 Å². The molecule has 1 aliphatic heterocycles. The first-order valence-electron chi connectivity index (χ1n) is 7.29. The van der Waals surface area contributed by atoms with E-state index in [0.717, 1.165) is 19.3 Å². The van der Waals surface area contributed by atoms with Gasteiger partial charge in [0.15, 0.2) is 5.60 Å². The number of amides is 2. The molecular formula is C14H21F3N2O2. The molecule has 2 N–H and O–H groups in total. The largest absolute Gasteiger partial charge is 0.417 e. The fraction of sp³-hybridized carbons (Fsp3) is 0.786. The Morgan fingerprint density at radius 1 is 1.33 bits per heavy atom. The highest BCUT2D eigenvalue weighted by Crippen LogP contribution is 2.38. The van der Waals surface area contributed by atoms with Gasteiger partial charge < -0.3 is 15.3 Å². The van der Waals surface area contributed by atoms with Gasteiger partial charge in [-0.1, -0.05) is 12.2 Å². The van der Waals surface area contributed by atoms with Crippen LogP contribution >= 0.6 is 0 Å². The zero-order valence-electron chi connectivity index (χ0n) is 11.8. The molecule has 0 saturated carbocycles. The van der Waals surface area contributed by atoms with Gasteiger partial charge in [-0.25, -0.2) is 4.79 Å². The Bertz CT molecular complexity index is 402. The van der Waals surface area contributed by atoms with Crippen molar-refractivity contribution in [1.29, 1.82) is 0 Å². The number of hydrogen-bond donors (Lipinski definition) is 2. The number of piperidine rings is 1. The lowest BCUT2D eigenvalue weighted by Gasteiger charge is -2.39. The molecule has 1 heterocycles. The zero-order valence-corrected chi connectivity index (χ0v) is 11.8. The van der Waals surface area contributed by atoms with Gasteiger partial charge in [0.2, 0.25) is 0 Å². The second-order valence-corrected chi connectivity index (χ2v) is 5.85. The molecular weight excluding hydrogens is 285 g/mol. The van der Waals surface area contributed by atoms with Crippen LogP contribution in [0.25, 0.3) is 0 Å². The fourth-order valence-electron chi connectivity index (χ4n) is 2.75. The summed E-state index contributed by atoms with van der Waals surface area (Å²) in [6.07, 6.45) is 1.59. The average Bonchev–Trinajstić information content (AvgIpc) is 2.45. The van der Waals surface area contributed by atoms with E-state index in [0.29, 0.717) is 12.5 Å². The number of urea groups is 1. The van der Waals surface area contributed by atoms with Crippen molar-refractivity contribution in [2.45, 2.75) is 43.9 Å². The van der Waals surface area contributed by atoms with Gasteiger partial charge in [-0.15, -0.1) is 0 Å². The molecule has 1 atom stereocenters. The van der Waals surface area contributed by atoms with Gasteiger partial charge in [0, 0.05) is 32.5 Å². The Kier molecular flexibility index (Phi) is 4.81. The van der Waals surface area contributed by atoms with E-state index < -0.39 is 24.6 Å². The van der Waals surface area contributed by atoms with Gasteiger partial charge in [0.05, 0.1) is 0 Å². The van der Waals surface area contributed by atoms with E-state index in [1.54, 1.807) is 0 Å². The summed E-state index contributed by atoms with van der Waals surface area (Å²) in [6, 6.07) is -0.339. The first-order valence-corrected chi connectivity index (χ1v) is 7.29. The maximum absolute atomic E-state index is 12.7. The predicted octanol–water partition coefficient (Wildman–Crippen LogP) is 2.44. The third-order valence-corrected chi connectivity index (χ3v) is 4.33. The van der Waals surface area contributed by atoms with E-state index in [-0.39, 0.29) is 19.1 Å². The summed E-state index contributed by atoms with van der Waals surface area (Å²) in [6.45, 7) is 0.391. The van der Waals surface area contributed by atoms with Crippen LogP contribution in [0.4, 0.5) is 18.0 Å². The first-order chi connectivity index (χ1) is 9.82. The lowest BCUT2D eigenvalue weighted by molar-refractivity contribution is -0.271. The van der Waals surface area contributed by atoms with Crippen LogP contribution in [0.5, 0.6) is 0 Å². The molecule has 21 heavy (non-hydrogen) atoms. The highest BCUT2D eigenvalue weighted by molar-refractivity contribution is 5.74. The number of allylic oxidation sites excluding steroid dienone is 2. The molecule has 0 aromatic rings. The summed E-state index contributed by atoms with van der Waals surface area (Å²) >= 11 is 0. The number of nitrogens with zero attached hydrogens (tertiary/aromatic N) is 1. The van der Waals surface area contributed by atoms with Gasteiger partial charge >= 0.3 is 12.2 Å². The van der Waals surface area contributed by atoms with Crippen LogP contribution in [0.15, 0.2) is 12.2 Å². The Balaban J connectivity index is 1.76. The normalized spacial score (nSPS) is 25.7. The smallest absolute Gasteiger partial charge is 0.380 e. The third kappa shape index (κ3) is 3.90. The maximum Gasteiger partial charge on any atom is 0.417 e. The quantitative estimate of drug-likeness (QED) is 0.770. The molecule has 0 bridgehead atoms. The molecule has 0 spiro atoms. The molecule has 2 aliphatic rings. The summed E-state index contributed by atoms with van der Waals surface area (Å²) in [5, 5.41) is 12.3. The van der Waals surface area contributed by atoms with Crippen LogP contribution in [0, 0.1) is 5.92 Å². The van der Waals surface area contributed by atoms with Crippen LogP contribution in [0.1, 0.15) is 32.1 Å². The number of aliphatic hydroxyl groups is 1. The molecule has 0 aromatic carbocycles. The maximum atomic E-state index is 12.7. The standard InChI is InChI=1S/C14H21F3N2O2/c15-14(16,17)13(21)6-8-19(9-7-13)12(20)18-10-11-4-2-1-3-5-11/h1-2,11,21H,3-10H2,(H,18,20)/t11-/m0/s1. The SMILES string of the molecule is O=C(NC[C@H]1CC=CCC1)N1CCC(O)(C(F)(F)F)CC1. The second kappa shape index (κ2) is 6.25. The molecule has 2 rings (SSSR count). The minimum Gasteiger partial charge on any atom is -0.380 e. The Morgan fingerprint density at radius 2 is 2.00 bits per heavy atom. The molecule has 7 heteroatoms. The fourth-order valence-corrected chi connectivity index (χ4v) is 2.75. The predicted molar refractivity (Wildman–Crippen MR) is 71.7 cm³/mol. The molecule has 0 aromatic heterocycles. The summed E-state index contributed by atoms with van der Waals surface area (Å²) in [7, 11) is 0.